The number of benzene rings is 2. The summed E-state index contributed by atoms with van der Waals surface area (Å²) in [7, 11) is -3.64. The van der Waals surface area contributed by atoms with Crippen LogP contribution < -0.4 is 9.46 Å². The molecule has 0 unspecified atom stereocenters. The molecule has 1 saturated heterocycles. The average Bonchev–Trinajstić information content (AvgIpc) is 3.30. The number of hydrogen-bond donors (Lipinski definition) is 1. The van der Waals surface area contributed by atoms with E-state index in [2.05, 4.69) is 14.5 Å². The van der Waals surface area contributed by atoms with Gasteiger partial charge in [-0.15, -0.1) is 0 Å². The molecule has 0 atom stereocenters. The van der Waals surface area contributed by atoms with E-state index in [1.54, 1.807) is 30.5 Å². The third-order valence-electron chi connectivity index (χ3n) is 5.48. The van der Waals surface area contributed by atoms with Gasteiger partial charge in [-0.3, -0.25) is 14.5 Å². The van der Waals surface area contributed by atoms with Gasteiger partial charge in [0.1, 0.15) is 11.5 Å². The molecule has 0 spiro atoms. The molecule has 0 aliphatic carbocycles. The van der Waals surface area contributed by atoms with Gasteiger partial charge in [-0.2, -0.15) is 0 Å². The van der Waals surface area contributed by atoms with Crippen LogP contribution in [-0.2, 0) is 23.1 Å². The SMILES string of the molecule is CCOc1ccc(S(=O)(=O)Nc2ccc(CN3CCN(Cc4ccco4)CC3)cc2)cc1. The van der Waals surface area contributed by atoms with Crippen LogP contribution in [0.2, 0.25) is 0 Å². The van der Waals surface area contributed by atoms with E-state index in [0.29, 0.717) is 18.0 Å². The van der Waals surface area contributed by atoms with Crippen molar-refractivity contribution in [1.29, 1.82) is 0 Å². The number of nitrogens with one attached hydrogen (secondary N) is 1. The van der Waals surface area contributed by atoms with Crippen molar-refractivity contribution in [1.82, 2.24) is 9.80 Å². The summed E-state index contributed by atoms with van der Waals surface area (Å²) in [5, 5.41) is 0. The van der Waals surface area contributed by atoms with Crippen molar-refractivity contribution in [3.05, 3.63) is 78.3 Å². The Morgan fingerprint density at radius 3 is 2.16 bits per heavy atom. The molecule has 7 nitrogen and oxygen atoms in total. The number of anilines is 1. The lowest BCUT2D eigenvalue weighted by atomic mass is 10.2. The normalized spacial score (nSPS) is 15.5. The Labute approximate surface area is 189 Å². The zero-order chi connectivity index (χ0) is 22.4. The lowest BCUT2D eigenvalue weighted by Crippen LogP contribution is -2.45. The van der Waals surface area contributed by atoms with E-state index in [0.717, 1.165) is 50.6 Å². The summed E-state index contributed by atoms with van der Waals surface area (Å²) in [4.78, 5) is 5.02. The van der Waals surface area contributed by atoms with Gasteiger partial charge >= 0.3 is 0 Å². The van der Waals surface area contributed by atoms with E-state index in [-0.39, 0.29) is 4.90 Å². The first-order valence-electron chi connectivity index (χ1n) is 10.8. The molecule has 4 rings (SSSR count). The van der Waals surface area contributed by atoms with Crippen LogP contribution in [0.4, 0.5) is 5.69 Å². The second-order valence-corrected chi connectivity index (χ2v) is 9.52. The van der Waals surface area contributed by atoms with Crippen LogP contribution in [0.5, 0.6) is 5.75 Å². The van der Waals surface area contributed by atoms with Crippen LogP contribution in [0.1, 0.15) is 18.2 Å². The molecule has 2 aromatic carbocycles. The van der Waals surface area contributed by atoms with E-state index in [4.69, 9.17) is 9.15 Å². The van der Waals surface area contributed by atoms with E-state index in [1.165, 1.54) is 0 Å². The summed E-state index contributed by atoms with van der Waals surface area (Å²) in [5.74, 6) is 1.65. The molecule has 3 aromatic rings. The van der Waals surface area contributed by atoms with Gasteiger partial charge in [-0.1, -0.05) is 12.1 Å². The van der Waals surface area contributed by atoms with Crippen molar-refractivity contribution in [2.75, 3.05) is 37.5 Å². The van der Waals surface area contributed by atoms with Crippen molar-refractivity contribution in [3.63, 3.8) is 0 Å². The molecule has 0 amide bonds. The van der Waals surface area contributed by atoms with Gasteiger partial charge < -0.3 is 9.15 Å². The minimum absolute atomic E-state index is 0.206. The standard InChI is InChI=1S/C24H29N3O4S/c1-2-30-22-9-11-24(12-10-22)32(28,29)25-21-7-5-20(6-8-21)18-26-13-15-27(16-14-26)19-23-4-3-17-31-23/h3-12,17,25H,2,13-16,18-19H2,1H3. The molecule has 0 bridgehead atoms. The summed E-state index contributed by atoms with van der Waals surface area (Å²) in [6.45, 7) is 8.11. The quantitative estimate of drug-likeness (QED) is 0.529. The lowest BCUT2D eigenvalue weighted by Gasteiger charge is -2.34. The fourth-order valence-corrected chi connectivity index (χ4v) is 4.82. The predicted octanol–water partition coefficient (Wildman–Crippen LogP) is 3.80. The van der Waals surface area contributed by atoms with Crippen LogP contribution in [0.25, 0.3) is 0 Å². The number of sulfonamides is 1. The highest BCUT2D eigenvalue weighted by molar-refractivity contribution is 7.92. The highest BCUT2D eigenvalue weighted by Gasteiger charge is 2.18. The van der Waals surface area contributed by atoms with Gasteiger partial charge in [-0.05, 0) is 61.0 Å². The summed E-state index contributed by atoms with van der Waals surface area (Å²) < 4.78 is 38.7. The molecule has 32 heavy (non-hydrogen) atoms. The first kappa shape index (κ1) is 22.4. The number of piperazine rings is 1. The van der Waals surface area contributed by atoms with E-state index in [9.17, 15) is 8.42 Å². The van der Waals surface area contributed by atoms with Gasteiger partial charge in [-0.25, -0.2) is 8.42 Å². The molecular weight excluding hydrogens is 426 g/mol. The first-order chi connectivity index (χ1) is 15.5. The second kappa shape index (κ2) is 10.2. The smallest absolute Gasteiger partial charge is 0.261 e. The molecule has 0 saturated carbocycles. The van der Waals surface area contributed by atoms with Crippen LogP contribution >= 0.6 is 0 Å². The van der Waals surface area contributed by atoms with E-state index in [1.807, 2.05) is 43.3 Å². The largest absolute Gasteiger partial charge is 0.494 e. The first-order valence-corrected chi connectivity index (χ1v) is 12.3. The zero-order valence-corrected chi connectivity index (χ0v) is 19.1. The third-order valence-corrected chi connectivity index (χ3v) is 6.88. The lowest BCUT2D eigenvalue weighted by molar-refractivity contribution is 0.116. The zero-order valence-electron chi connectivity index (χ0n) is 18.2. The Morgan fingerprint density at radius 2 is 1.56 bits per heavy atom. The maximum Gasteiger partial charge on any atom is 0.261 e. The molecule has 1 aliphatic rings. The van der Waals surface area contributed by atoms with Crippen LogP contribution in [0.15, 0.2) is 76.2 Å². The number of nitrogens with zero attached hydrogens (tertiary/aromatic N) is 2. The highest BCUT2D eigenvalue weighted by atomic mass is 32.2. The maximum atomic E-state index is 12.6. The Bertz CT molecular complexity index is 1070. The summed E-state index contributed by atoms with van der Waals surface area (Å²) >= 11 is 0. The molecule has 1 N–H and O–H groups in total. The van der Waals surface area contributed by atoms with Crippen molar-refractivity contribution in [2.45, 2.75) is 24.9 Å². The fraction of sp³-hybridized carbons (Fsp3) is 0.333. The Morgan fingerprint density at radius 1 is 0.906 bits per heavy atom. The summed E-state index contributed by atoms with van der Waals surface area (Å²) in [6.07, 6.45) is 1.72. The Kier molecular flexibility index (Phi) is 7.14. The molecule has 8 heteroatoms. The van der Waals surface area contributed by atoms with Crippen molar-refractivity contribution in [3.8, 4) is 5.75 Å². The molecule has 2 heterocycles. The van der Waals surface area contributed by atoms with Crippen molar-refractivity contribution >= 4 is 15.7 Å². The molecular formula is C24H29N3O4S. The maximum absolute atomic E-state index is 12.6. The molecule has 1 fully saturated rings. The summed E-state index contributed by atoms with van der Waals surface area (Å²) in [6, 6.07) is 17.9. The molecule has 1 aliphatic heterocycles. The summed E-state index contributed by atoms with van der Waals surface area (Å²) in [5.41, 5.74) is 1.71. The van der Waals surface area contributed by atoms with Crippen LogP contribution in [0.3, 0.4) is 0 Å². The van der Waals surface area contributed by atoms with Gasteiger partial charge in [0.2, 0.25) is 0 Å². The van der Waals surface area contributed by atoms with Crippen LogP contribution in [0, 0.1) is 0 Å². The topological polar surface area (TPSA) is 75.0 Å². The number of hydrogen-bond acceptors (Lipinski definition) is 6. The Hall–Kier alpha value is -2.81. The van der Waals surface area contributed by atoms with Gasteiger partial charge in [0.05, 0.1) is 24.3 Å². The molecule has 170 valence electrons. The van der Waals surface area contributed by atoms with Gasteiger partial charge in [0, 0.05) is 38.4 Å². The van der Waals surface area contributed by atoms with E-state index >= 15 is 0 Å². The number of furan rings is 1. The van der Waals surface area contributed by atoms with Crippen LogP contribution in [-0.4, -0.2) is 51.0 Å². The predicted molar refractivity (Wildman–Crippen MR) is 124 cm³/mol. The Balaban J connectivity index is 1.28. The van der Waals surface area contributed by atoms with Crippen molar-refractivity contribution < 1.29 is 17.6 Å². The third kappa shape index (κ3) is 5.91. The average molecular weight is 456 g/mol. The number of rotatable bonds is 9. The minimum atomic E-state index is -3.64. The van der Waals surface area contributed by atoms with E-state index < -0.39 is 10.0 Å². The fourth-order valence-electron chi connectivity index (χ4n) is 3.76. The minimum Gasteiger partial charge on any atom is -0.494 e. The highest BCUT2D eigenvalue weighted by Crippen LogP contribution is 2.20. The monoisotopic (exact) mass is 455 g/mol. The second-order valence-electron chi connectivity index (χ2n) is 7.84. The van der Waals surface area contributed by atoms with Crippen molar-refractivity contribution in [2.24, 2.45) is 0 Å². The molecule has 0 radical (unpaired) electrons. The van der Waals surface area contributed by atoms with Gasteiger partial charge in [0.15, 0.2) is 0 Å². The van der Waals surface area contributed by atoms with Gasteiger partial charge in [0.25, 0.3) is 10.0 Å². The number of ether oxygens (including phenoxy) is 1. The molecule has 1 aromatic heterocycles.